The van der Waals surface area contributed by atoms with Crippen molar-refractivity contribution in [1.29, 1.82) is 0 Å². The first-order valence-electron chi connectivity index (χ1n) is 5.89. The predicted molar refractivity (Wildman–Crippen MR) is 81.5 cm³/mol. The van der Waals surface area contributed by atoms with E-state index >= 15 is 0 Å². The van der Waals surface area contributed by atoms with E-state index in [4.69, 9.17) is 0 Å². The van der Waals surface area contributed by atoms with Gasteiger partial charge in [0.2, 0.25) is 0 Å². The second-order valence-corrected chi connectivity index (χ2v) is 6.30. The maximum absolute atomic E-state index is 12.4. The molecule has 0 saturated carbocycles. The summed E-state index contributed by atoms with van der Waals surface area (Å²) in [6.45, 7) is 4.54. The van der Waals surface area contributed by atoms with Crippen molar-refractivity contribution in [3.63, 3.8) is 0 Å². The van der Waals surface area contributed by atoms with Crippen molar-refractivity contribution in [3.05, 3.63) is 49.9 Å². The van der Waals surface area contributed by atoms with Crippen LogP contribution < -0.4 is 0 Å². The number of aromatic nitrogens is 1. The maximum Gasteiger partial charge on any atom is 0.255 e. The van der Waals surface area contributed by atoms with Crippen molar-refractivity contribution >= 4 is 33.2 Å². The van der Waals surface area contributed by atoms with Gasteiger partial charge in [-0.1, -0.05) is 11.6 Å². The maximum atomic E-state index is 12.4. The van der Waals surface area contributed by atoms with Crippen LogP contribution in [0, 0.1) is 13.8 Å². The topological polar surface area (TPSA) is 33.2 Å². The van der Waals surface area contributed by atoms with E-state index in [1.165, 1.54) is 0 Å². The first kappa shape index (κ1) is 14.2. The summed E-state index contributed by atoms with van der Waals surface area (Å²) in [5, 5.41) is 0. The van der Waals surface area contributed by atoms with Gasteiger partial charge in [0.05, 0.1) is 23.3 Å². The van der Waals surface area contributed by atoms with E-state index < -0.39 is 0 Å². The van der Waals surface area contributed by atoms with Crippen LogP contribution >= 0.6 is 27.3 Å². The molecule has 0 unspecified atom stereocenters. The number of nitrogens with zero attached hydrogens (tertiary/aromatic N) is 2. The molecule has 0 aliphatic rings. The zero-order valence-electron chi connectivity index (χ0n) is 11.1. The summed E-state index contributed by atoms with van der Waals surface area (Å²) >= 11 is 5.02. The minimum Gasteiger partial charge on any atom is -0.336 e. The molecule has 1 amide bonds. The fourth-order valence-electron chi connectivity index (χ4n) is 1.77. The molecule has 0 bridgehead atoms. The highest BCUT2D eigenvalue weighted by Gasteiger charge is 2.16. The van der Waals surface area contributed by atoms with Crippen LogP contribution in [0.4, 0.5) is 0 Å². The Bertz CT molecular complexity index is 609. The van der Waals surface area contributed by atoms with Gasteiger partial charge in [-0.2, -0.15) is 0 Å². The Hall–Kier alpha value is -1.20. The average molecular weight is 339 g/mol. The Morgan fingerprint density at radius 2 is 2.16 bits per heavy atom. The van der Waals surface area contributed by atoms with E-state index in [1.54, 1.807) is 16.2 Å². The highest BCUT2D eigenvalue weighted by Crippen LogP contribution is 2.21. The summed E-state index contributed by atoms with van der Waals surface area (Å²) in [4.78, 5) is 19.5. The highest BCUT2D eigenvalue weighted by atomic mass is 79.9. The van der Waals surface area contributed by atoms with Crippen molar-refractivity contribution in [2.24, 2.45) is 0 Å². The normalized spacial score (nSPS) is 10.5. The van der Waals surface area contributed by atoms with Crippen LogP contribution in [0.5, 0.6) is 0 Å². The molecule has 1 aromatic heterocycles. The van der Waals surface area contributed by atoms with Crippen LogP contribution in [0.25, 0.3) is 0 Å². The van der Waals surface area contributed by atoms with Crippen LogP contribution in [0.15, 0.2) is 28.2 Å². The molecule has 0 fully saturated rings. The lowest BCUT2D eigenvalue weighted by Crippen LogP contribution is -2.26. The van der Waals surface area contributed by atoms with Gasteiger partial charge in [0.15, 0.2) is 0 Å². The Kier molecular flexibility index (Phi) is 4.37. The molecule has 100 valence electrons. The number of amides is 1. The van der Waals surface area contributed by atoms with E-state index in [0.717, 1.165) is 20.6 Å². The number of carbonyl (C=O) groups is 1. The minimum absolute atomic E-state index is 0.0170. The summed E-state index contributed by atoms with van der Waals surface area (Å²) < 4.78 is 0.830. The quantitative estimate of drug-likeness (QED) is 0.852. The number of carbonyl (C=O) groups excluding carboxylic acids is 1. The van der Waals surface area contributed by atoms with Crippen molar-refractivity contribution in [1.82, 2.24) is 9.88 Å². The van der Waals surface area contributed by atoms with Crippen molar-refractivity contribution in [3.8, 4) is 0 Å². The Balaban J connectivity index is 2.19. The lowest BCUT2D eigenvalue weighted by atomic mass is 10.1. The minimum atomic E-state index is 0.0170. The third-order valence-corrected chi connectivity index (χ3v) is 4.54. The van der Waals surface area contributed by atoms with E-state index in [0.29, 0.717) is 12.1 Å². The van der Waals surface area contributed by atoms with Gasteiger partial charge in [-0.05, 0) is 41.9 Å². The van der Waals surface area contributed by atoms with Crippen LogP contribution in [0.1, 0.15) is 26.5 Å². The van der Waals surface area contributed by atoms with Crippen LogP contribution in [-0.2, 0) is 6.54 Å². The standard InChI is InChI=1S/C14H15BrN2OS/c1-9-4-5-12(15)11(6-9)14(18)17(3)7-13-10(2)16-8-19-13/h4-6,8H,7H2,1-3H3. The molecule has 2 rings (SSSR count). The predicted octanol–water partition coefficient (Wildman–Crippen LogP) is 3.79. The molecular formula is C14H15BrN2OS. The first-order valence-corrected chi connectivity index (χ1v) is 7.57. The lowest BCUT2D eigenvalue weighted by molar-refractivity contribution is 0.0785. The molecule has 0 N–H and O–H groups in total. The van der Waals surface area contributed by atoms with E-state index in [-0.39, 0.29) is 5.91 Å². The summed E-state index contributed by atoms with van der Waals surface area (Å²) in [5.41, 5.74) is 4.58. The monoisotopic (exact) mass is 338 g/mol. The zero-order valence-corrected chi connectivity index (χ0v) is 13.5. The molecule has 2 aromatic rings. The fraction of sp³-hybridized carbons (Fsp3) is 0.286. The second kappa shape index (κ2) is 5.84. The first-order chi connectivity index (χ1) is 8.99. The van der Waals surface area contributed by atoms with Crippen molar-refractivity contribution in [2.45, 2.75) is 20.4 Å². The van der Waals surface area contributed by atoms with E-state index in [9.17, 15) is 4.79 Å². The van der Waals surface area contributed by atoms with Gasteiger partial charge in [0.1, 0.15) is 0 Å². The summed E-state index contributed by atoms with van der Waals surface area (Å²) in [6, 6.07) is 5.80. The molecule has 1 aromatic carbocycles. The molecule has 5 heteroatoms. The van der Waals surface area contributed by atoms with Crippen molar-refractivity contribution < 1.29 is 4.79 Å². The number of benzene rings is 1. The van der Waals surface area contributed by atoms with Crippen LogP contribution in [-0.4, -0.2) is 22.8 Å². The third-order valence-electron chi connectivity index (χ3n) is 2.92. The Labute approximate surface area is 125 Å². The number of halogens is 1. The Morgan fingerprint density at radius 1 is 1.42 bits per heavy atom. The molecule has 0 aliphatic heterocycles. The second-order valence-electron chi connectivity index (χ2n) is 4.51. The van der Waals surface area contributed by atoms with E-state index in [1.807, 2.05) is 44.6 Å². The molecule has 0 radical (unpaired) electrons. The van der Waals surface area contributed by atoms with Crippen LogP contribution in [0.2, 0.25) is 0 Å². The van der Waals surface area contributed by atoms with E-state index in [2.05, 4.69) is 20.9 Å². The van der Waals surface area contributed by atoms with Crippen LogP contribution in [0.3, 0.4) is 0 Å². The van der Waals surface area contributed by atoms with Gasteiger partial charge in [-0.3, -0.25) is 4.79 Å². The molecule has 0 spiro atoms. The van der Waals surface area contributed by atoms with Gasteiger partial charge in [0, 0.05) is 16.4 Å². The van der Waals surface area contributed by atoms with Gasteiger partial charge < -0.3 is 4.90 Å². The summed E-state index contributed by atoms with van der Waals surface area (Å²) in [7, 11) is 1.82. The average Bonchev–Trinajstić information content (AvgIpc) is 2.77. The molecule has 19 heavy (non-hydrogen) atoms. The summed E-state index contributed by atoms with van der Waals surface area (Å²) in [6.07, 6.45) is 0. The largest absolute Gasteiger partial charge is 0.336 e. The molecule has 0 saturated heterocycles. The lowest BCUT2D eigenvalue weighted by Gasteiger charge is -2.17. The summed E-state index contributed by atoms with van der Waals surface area (Å²) in [5.74, 6) is 0.0170. The number of hydrogen-bond donors (Lipinski definition) is 0. The molecule has 0 atom stereocenters. The highest BCUT2D eigenvalue weighted by molar-refractivity contribution is 9.10. The Morgan fingerprint density at radius 3 is 2.79 bits per heavy atom. The molecular weight excluding hydrogens is 324 g/mol. The number of hydrogen-bond acceptors (Lipinski definition) is 3. The number of thiazole rings is 1. The number of rotatable bonds is 3. The SMILES string of the molecule is Cc1ccc(Br)c(C(=O)N(C)Cc2scnc2C)c1. The zero-order chi connectivity index (χ0) is 14.0. The molecule has 0 aliphatic carbocycles. The molecule has 1 heterocycles. The van der Waals surface area contributed by atoms with Gasteiger partial charge in [-0.15, -0.1) is 11.3 Å². The molecule has 3 nitrogen and oxygen atoms in total. The number of aryl methyl sites for hydroxylation is 2. The van der Waals surface area contributed by atoms with Gasteiger partial charge in [-0.25, -0.2) is 4.98 Å². The van der Waals surface area contributed by atoms with Gasteiger partial charge >= 0.3 is 0 Å². The third kappa shape index (κ3) is 3.22. The van der Waals surface area contributed by atoms with Gasteiger partial charge in [0.25, 0.3) is 5.91 Å². The fourth-order valence-corrected chi connectivity index (χ4v) is 3.02. The smallest absolute Gasteiger partial charge is 0.255 e. The van der Waals surface area contributed by atoms with Crippen molar-refractivity contribution in [2.75, 3.05) is 7.05 Å².